The van der Waals surface area contributed by atoms with Gasteiger partial charge in [0, 0.05) is 5.69 Å². The second-order valence-corrected chi connectivity index (χ2v) is 4.74. The van der Waals surface area contributed by atoms with Gasteiger partial charge in [0.1, 0.15) is 5.75 Å². The van der Waals surface area contributed by atoms with Crippen LogP contribution < -0.4 is 10.1 Å². The lowest BCUT2D eigenvalue weighted by Crippen LogP contribution is -2.22. The minimum atomic E-state index is -0.553. The van der Waals surface area contributed by atoms with Crippen molar-refractivity contribution >= 4 is 11.7 Å². The van der Waals surface area contributed by atoms with Gasteiger partial charge in [-0.05, 0) is 42.3 Å². The maximum absolute atomic E-state index is 12.0. The van der Waals surface area contributed by atoms with Crippen LogP contribution in [-0.2, 0) is 9.53 Å². The summed E-state index contributed by atoms with van der Waals surface area (Å²) in [6.45, 7) is 2.01. The molecule has 4 nitrogen and oxygen atoms in total. The molecule has 0 aliphatic heterocycles. The third-order valence-corrected chi connectivity index (χ3v) is 3.22. The summed E-state index contributed by atoms with van der Waals surface area (Å²) in [6, 6.07) is 14.7. The predicted molar refractivity (Wildman–Crippen MR) is 82.6 cm³/mol. The molecule has 110 valence electrons. The highest BCUT2D eigenvalue weighted by Crippen LogP contribution is 2.23. The number of hydrogen-bond acceptors (Lipinski definition) is 4. The lowest BCUT2D eigenvalue weighted by Gasteiger charge is -2.18. The molecule has 2 rings (SSSR count). The normalized spacial score (nSPS) is 11.6. The molecule has 1 atom stereocenters. The Morgan fingerprint density at radius 1 is 1.10 bits per heavy atom. The molecule has 0 amide bonds. The molecule has 0 heterocycles. The van der Waals surface area contributed by atoms with E-state index in [0.717, 1.165) is 22.6 Å². The van der Waals surface area contributed by atoms with Crippen molar-refractivity contribution in [3.05, 3.63) is 59.7 Å². The lowest BCUT2D eigenvalue weighted by atomic mass is 10.1. The van der Waals surface area contributed by atoms with Crippen molar-refractivity contribution in [3.63, 3.8) is 0 Å². The monoisotopic (exact) mass is 285 g/mol. The van der Waals surface area contributed by atoms with Crippen LogP contribution in [0.1, 0.15) is 17.2 Å². The van der Waals surface area contributed by atoms with Gasteiger partial charge in [-0.25, -0.2) is 4.79 Å². The van der Waals surface area contributed by atoms with Gasteiger partial charge < -0.3 is 14.8 Å². The Morgan fingerprint density at radius 3 is 2.38 bits per heavy atom. The standard InChI is InChI=1S/C17H19NO3/c1-12-5-4-6-14(11-12)18-16(17(19)21-3)13-7-9-15(20-2)10-8-13/h4-11,16,18H,1-3H3. The van der Waals surface area contributed by atoms with Gasteiger partial charge in [0.25, 0.3) is 0 Å². The van der Waals surface area contributed by atoms with E-state index in [1.54, 1.807) is 7.11 Å². The fourth-order valence-electron chi connectivity index (χ4n) is 2.09. The van der Waals surface area contributed by atoms with Crippen molar-refractivity contribution < 1.29 is 14.3 Å². The van der Waals surface area contributed by atoms with Crippen LogP contribution in [0.5, 0.6) is 5.75 Å². The average molecular weight is 285 g/mol. The molecule has 0 aliphatic carbocycles. The van der Waals surface area contributed by atoms with Crippen LogP contribution in [0.25, 0.3) is 0 Å². The number of carbonyl (C=O) groups is 1. The number of anilines is 1. The van der Waals surface area contributed by atoms with Crippen LogP contribution in [0.15, 0.2) is 48.5 Å². The maximum Gasteiger partial charge on any atom is 0.332 e. The van der Waals surface area contributed by atoms with Gasteiger partial charge >= 0.3 is 5.97 Å². The minimum absolute atomic E-state index is 0.332. The average Bonchev–Trinajstić information content (AvgIpc) is 2.52. The summed E-state index contributed by atoms with van der Waals surface area (Å²) in [7, 11) is 2.99. The van der Waals surface area contributed by atoms with E-state index in [1.807, 2.05) is 55.5 Å². The first-order chi connectivity index (χ1) is 10.1. The Labute approximate surface area is 124 Å². The number of esters is 1. The molecule has 0 saturated heterocycles. The van der Waals surface area contributed by atoms with E-state index >= 15 is 0 Å². The molecule has 2 aromatic carbocycles. The van der Waals surface area contributed by atoms with E-state index in [4.69, 9.17) is 9.47 Å². The molecule has 21 heavy (non-hydrogen) atoms. The van der Waals surface area contributed by atoms with Crippen molar-refractivity contribution in [1.29, 1.82) is 0 Å². The second kappa shape index (κ2) is 6.79. The molecule has 0 aliphatic rings. The number of benzene rings is 2. The van der Waals surface area contributed by atoms with Crippen molar-refractivity contribution in [1.82, 2.24) is 0 Å². The number of nitrogens with one attached hydrogen (secondary N) is 1. The smallest absolute Gasteiger partial charge is 0.332 e. The second-order valence-electron chi connectivity index (χ2n) is 4.74. The summed E-state index contributed by atoms with van der Waals surface area (Å²) in [5.41, 5.74) is 2.82. The molecule has 0 saturated carbocycles. The molecule has 0 aromatic heterocycles. The molecule has 1 N–H and O–H groups in total. The van der Waals surface area contributed by atoms with E-state index in [1.165, 1.54) is 7.11 Å². The summed E-state index contributed by atoms with van der Waals surface area (Å²) in [5, 5.41) is 3.21. The van der Waals surface area contributed by atoms with Gasteiger partial charge in [0.2, 0.25) is 0 Å². The summed E-state index contributed by atoms with van der Waals surface area (Å²) in [4.78, 5) is 12.0. The third-order valence-electron chi connectivity index (χ3n) is 3.22. The number of carbonyl (C=O) groups excluding carboxylic acids is 1. The van der Waals surface area contributed by atoms with Crippen LogP contribution >= 0.6 is 0 Å². The number of methoxy groups -OCH3 is 2. The van der Waals surface area contributed by atoms with Gasteiger partial charge in [0.15, 0.2) is 6.04 Å². The molecule has 1 unspecified atom stereocenters. The van der Waals surface area contributed by atoms with Gasteiger partial charge in [-0.2, -0.15) is 0 Å². The van der Waals surface area contributed by atoms with Gasteiger partial charge in [0.05, 0.1) is 14.2 Å². The zero-order valence-corrected chi connectivity index (χ0v) is 12.4. The highest BCUT2D eigenvalue weighted by atomic mass is 16.5. The van der Waals surface area contributed by atoms with Crippen LogP contribution in [-0.4, -0.2) is 20.2 Å². The zero-order valence-electron chi connectivity index (χ0n) is 12.4. The number of aryl methyl sites for hydroxylation is 1. The van der Waals surface area contributed by atoms with Crippen molar-refractivity contribution in [2.75, 3.05) is 19.5 Å². The Hall–Kier alpha value is -2.49. The quantitative estimate of drug-likeness (QED) is 0.856. The van der Waals surface area contributed by atoms with E-state index < -0.39 is 6.04 Å². The van der Waals surface area contributed by atoms with Crippen LogP contribution in [0.3, 0.4) is 0 Å². The fraction of sp³-hybridized carbons (Fsp3) is 0.235. The molecule has 2 aromatic rings. The molecule has 4 heteroatoms. The number of ether oxygens (including phenoxy) is 2. The largest absolute Gasteiger partial charge is 0.497 e. The van der Waals surface area contributed by atoms with Crippen LogP contribution in [0.4, 0.5) is 5.69 Å². The number of hydrogen-bond donors (Lipinski definition) is 1. The molecule has 0 radical (unpaired) electrons. The molecule has 0 bridgehead atoms. The highest BCUT2D eigenvalue weighted by Gasteiger charge is 2.21. The Balaban J connectivity index is 2.27. The Bertz CT molecular complexity index is 608. The van der Waals surface area contributed by atoms with E-state index in [-0.39, 0.29) is 5.97 Å². The first kappa shape index (κ1) is 14.9. The van der Waals surface area contributed by atoms with Gasteiger partial charge in [-0.1, -0.05) is 24.3 Å². The first-order valence-corrected chi connectivity index (χ1v) is 6.69. The Kier molecular flexibility index (Phi) is 4.82. The highest BCUT2D eigenvalue weighted by molar-refractivity contribution is 5.81. The SMILES string of the molecule is COC(=O)C(Nc1cccc(C)c1)c1ccc(OC)cc1. The lowest BCUT2D eigenvalue weighted by molar-refractivity contribution is -0.141. The zero-order chi connectivity index (χ0) is 15.2. The topological polar surface area (TPSA) is 47.6 Å². The van der Waals surface area contributed by atoms with Crippen LogP contribution in [0, 0.1) is 6.92 Å². The Morgan fingerprint density at radius 2 is 1.81 bits per heavy atom. The van der Waals surface area contributed by atoms with E-state index in [0.29, 0.717) is 0 Å². The molecular weight excluding hydrogens is 266 g/mol. The summed E-state index contributed by atoms with van der Waals surface area (Å²) in [6.07, 6.45) is 0. The van der Waals surface area contributed by atoms with Gasteiger partial charge in [-0.3, -0.25) is 0 Å². The molecular formula is C17H19NO3. The predicted octanol–water partition coefficient (Wildman–Crippen LogP) is 3.33. The molecule has 0 spiro atoms. The molecule has 0 fully saturated rings. The summed E-state index contributed by atoms with van der Waals surface area (Å²) in [5.74, 6) is 0.416. The first-order valence-electron chi connectivity index (χ1n) is 6.69. The summed E-state index contributed by atoms with van der Waals surface area (Å²) >= 11 is 0. The van der Waals surface area contributed by atoms with Crippen molar-refractivity contribution in [2.45, 2.75) is 13.0 Å². The van der Waals surface area contributed by atoms with Crippen molar-refractivity contribution in [3.8, 4) is 5.75 Å². The van der Waals surface area contributed by atoms with Gasteiger partial charge in [-0.15, -0.1) is 0 Å². The van der Waals surface area contributed by atoms with E-state index in [9.17, 15) is 4.79 Å². The van der Waals surface area contributed by atoms with Crippen molar-refractivity contribution in [2.24, 2.45) is 0 Å². The minimum Gasteiger partial charge on any atom is -0.497 e. The maximum atomic E-state index is 12.0. The number of rotatable bonds is 5. The third kappa shape index (κ3) is 3.75. The van der Waals surface area contributed by atoms with Crippen LogP contribution in [0.2, 0.25) is 0 Å². The summed E-state index contributed by atoms with van der Waals surface area (Å²) < 4.78 is 10.0. The van der Waals surface area contributed by atoms with E-state index in [2.05, 4.69) is 5.32 Å². The fourth-order valence-corrected chi connectivity index (χ4v) is 2.09.